The van der Waals surface area contributed by atoms with Crippen molar-refractivity contribution >= 4 is 6.21 Å². The smallest absolute Gasteiger partial charge is 0.159 e. The summed E-state index contributed by atoms with van der Waals surface area (Å²) in [4.78, 5) is 7.76. The third kappa shape index (κ3) is 4.90. The van der Waals surface area contributed by atoms with Crippen LogP contribution in [0.2, 0.25) is 0 Å². The van der Waals surface area contributed by atoms with Gasteiger partial charge >= 0.3 is 0 Å². The summed E-state index contributed by atoms with van der Waals surface area (Å²) in [5.41, 5.74) is 1.70. The van der Waals surface area contributed by atoms with Gasteiger partial charge in [0.2, 0.25) is 0 Å². The van der Waals surface area contributed by atoms with E-state index in [1.165, 1.54) is 6.21 Å². The van der Waals surface area contributed by atoms with Gasteiger partial charge in [0.15, 0.2) is 11.6 Å². The van der Waals surface area contributed by atoms with Gasteiger partial charge in [-0.3, -0.25) is 0 Å². The van der Waals surface area contributed by atoms with E-state index in [-0.39, 0.29) is 0 Å². The van der Waals surface area contributed by atoms with Gasteiger partial charge in [0.05, 0.1) is 18.6 Å². The lowest BCUT2D eigenvalue weighted by molar-refractivity contribution is 0.614. The van der Waals surface area contributed by atoms with E-state index in [4.69, 9.17) is 16.4 Å². The quantitative estimate of drug-likeness (QED) is 0.508. The molecule has 0 fully saturated rings. The second-order valence-corrected chi connectivity index (χ2v) is 3.13. The van der Waals surface area contributed by atoms with Gasteiger partial charge in [-0.05, 0) is 5.56 Å². The number of aromatic nitrogens is 2. The maximum Gasteiger partial charge on any atom is 0.159 e. The van der Waals surface area contributed by atoms with Crippen LogP contribution in [0.5, 0.6) is 0 Å². The Kier molecular flexibility index (Phi) is 8.08. The largest absolute Gasteiger partial charge is 0.323 e. The highest BCUT2D eigenvalue weighted by Gasteiger charge is 2.00. The van der Waals surface area contributed by atoms with E-state index >= 15 is 0 Å². The van der Waals surface area contributed by atoms with E-state index in [0.29, 0.717) is 5.82 Å². The third-order valence-electron chi connectivity index (χ3n) is 2.01. The number of halogens is 1. The molecular formula is C13H11FN6. The molecule has 1 aromatic carbocycles. The molecule has 0 amide bonds. The third-order valence-corrected chi connectivity index (χ3v) is 2.01. The number of benzene rings is 1. The van der Waals surface area contributed by atoms with E-state index in [1.807, 2.05) is 24.3 Å². The van der Waals surface area contributed by atoms with Gasteiger partial charge in [-0.25, -0.2) is 24.9 Å². The molecule has 2 rings (SSSR count). The number of nitrogens with zero attached hydrogens (tertiary/aromatic N) is 5. The number of hydrogen-bond acceptors (Lipinski definition) is 6. The zero-order valence-electron chi connectivity index (χ0n) is 10.4. The molecule has 0 radical (unpaired) electrons. The molecule has 0 unspecified atom stereocenters. The van der Waals surface area contributed by atoms with Crippen LogP contribution in [0.1, 0.15) is 5.56 Å². The monoisotopic (exact) mass is 270 g/mol. The summed E-state index contributed by atoms with van der Waals surface area (Å²) in [7, 11) is 0. The molecule has 0 aliphatic heterocycles. The molecule has 1 aromatic heterocycles. The fourth-order valence-electron chi connectivity index (χ4n) is 1.27. The molecule has 0 spiro atoms. The van der Waals surface area contributed by atoms with Crippen LogP contribution in [0.4, 0.5) is 4.39 Å². The van der Waals surface area contributed by atoms with Crippen LogP contribution in [-0.2, 0) is 0 Å². The molecule has 0 saturated heterocycles. The molecule has 0 atom stereocenters. The minimum absolute atomic E-state index is 0.448. The molecule has 1 heterocycles. The van der Waals surface area contributed by atoms with Crippen molar-refractivity contribution in [3.8, 4) is 24.5 Å². The Bertz CT molecular complexity index is 565. The second kappa shape index (κ2) is 9.68. The van der Waals surface area contributed by atoms with Gasteiger partial charge in [0, 0.05) is 18.7 Å². The number of rotatable bonds is 2. The Morgan fingerprint density at radius 2 is 1.55 bits per heavy atom. The Hall–Kier alpha value is -3.32. The lowest BCUT2D eigenvalue weighted by Gasteiger charge is -1.99. The molecule has 100 valence electrons. The standard InChI is InChI=1S/C11H9FN4.2CHN/c12-10-6-14-11(15-7-10)9-3-1-8(2-4-9)5-16-13;2*1-2/h1-7H,13H2;2*1H. The number of nitriles is 2. The highest BCUT2D eigenvalue weighted by molar-refractivity contribution is 5.80. The highest BCUT2D eigenvalue weighted by Crippen LogP contribution is 2.14. The fourth-order valence-corrected chi connectivity index (χ4v) is 1.27. The lowest BCUT2D eigenvalue weighted by Crippen LogP contribution is -1.91. The SMILES string of the molecule is C#N.C#N.NN=Cc1ccc(-c2ncc(F)cn2)cc1. The van der Waals surface area contributed by atoms with Crippen molar-refractivity contribution in [2.75, 3.05) is 0 Å². The predicted octanol–water partition coefficient (Wildman–Crippen LogP) is 1.85. The van der Waals surface area contributed by atoms with Crippen LogP contribution in [0.15, 0.2) is 41.8 Å². The van der Waals surface area contributed by atoms with Crippen molar-refractivity contribution in [3.63, 3.8) is 0 Å². The summed E-state index contributed by atoms with van der Waals surface area (Å²) in [5.74, 6) is 5.06. The van der Waals surface area contributed by atoms with E-state index in [0.717, 1.165) is 23.5 Å². The normalized spacial score (nSPS) is 8.85. The van der Waals surface area contributed by atoms with Crippen LogP contribution in [0, 0.1) is 29.5 Å². The van der Waals surface area contributed by atoms with Gasteiger partial charge in [0.25, 0.3) is 0 Å². The summed E-state index contributed by atoms with van der Waals surface area (Å²) in [6.07, 6.45) is 3.81. The average molecular weight is 270 g/mol. The zero-order valence-corrected chi connectivity index (χ0v) is 10.4. The van der Waals surface area contributed by atoms with Crippen molar-refractivity contribution in [2.24, 2.45) is 10.9 Å². The van der Waals surface area contributed by atoms with Crippen LogP contribution in [0.3, 0.4) is 0 Å². The summed E-state index contributed by atoms with van der Waals surface area (Å²) in [6, 6.07) is 7.31. The Morgan fingerprint density at radius 3 is 2.00 bits per heavy atom. The van der Waals surface area contributed by atoms with Gasteiger partial charge in [-0.15, -0.1) is 0 Å². The first kappa shape index (κ1) is 16.7. The van der Waals surface area contributed by atoms with Crippen molar-refractivity contribution in [2.45, 2.75) is 0 Å². The van der Waals surface area contributed by atoms with Crippen LogP contribution in [0.25, 0.3) is 11.4 Å². The van der Waals surface area contributed by atoms with Gasteiger partial charge in [-0.2, -0.15) is 5.10 Å². The zero-order chi connectivity index (χ0) is 15.4. The van der Waals surface area contributed by atoms with Crippen molar-refractivity contribution in [1.82, 2.24) is 9.97 Å². The lowest BCUT2D eigenvalue weighted by atomic mass is 10.1. The van der Waals surface area contributed by atoms with Crippen molar-refractivity contribution in [3.05, 3.63) is 48.0 Å². The molecule has 7 heteroatoms. The van der Waals surface area contributed by atoms with Crippen molar-refractivity contribution in [1.29, 1.82) is 10.5 Å². The first-order valence-corrected chi connectivity index (χ1v) is 5.12. The number of hydrazone groups is 1. The van der Waals surface area contributed by atoms with E-state index in [9.17, 15) is 4.39 Å². The molecule has 2 N–H and O–H groups in total. The predicted molar refractivity (Wildman–Crippen MR) is 72.5 cm³/mol. The summed E-state index contributed by atoms with van der Waals surface area (Å²) >= 11 is 0. The van der Waals surface area contributed by atoms with E-state index < -0.39 is 5.82 Å². The molecule has 6 nitrogen and oxygen atoms in total. The number of nitrogens with two attached hydrogens (primary N) is 1. The average Bonchev–Trinajstić information content (AvgIpc) is 2.53. The molecule has 20 heavy (non-hydrogen) atoms. The van der Waals surface area contributed by atoms with Gasteiger partial charge in [0.1, 0.15) is 0 Å². The Balaban J connectivity index is 0.000000829. The fraction of sp³-hybridized carbons (Fsp3) is 0. The topological polar surface area (TPSA) is 112 Å². The first-order valence-electron chi connectivity index (χ1n) is 5.12. The van der Waals surface area contributed by atoms with Crippen LogP contribution < -0.4 is 5.84 Å². The van der Waals surface area contributed by atoms with Crippen LogP contribution in [-0.4, -0.2) is 16.2 Å². The maximum absolute atomic E-state index is 12.6. The Labute approximate surface area is 115 Å². The molecule has 0 saturated carbocycles. The van der Waals surface area contributed by atoms with E-state index in [1.54, 1.807) is 0 Å². The molecule has 0 bridgehead atoms. The molecule has 0 aliphatic rings. The van der Waals surface area contributed by atoms with E-state index in [2.05, 4.69) is 28.2 Å². The molecule has 2 aromatic rings. The minimum atomic E-state index is -0.448. The summed E-state index contributed by atoms with van der Waals surface area (Å²) in [5, 5.41) is 16.4. The van der Waals surface area contributed by atoms with Crippen LogP contribution >= 0.6 is 0 Å². The number of hydrogen-bond donors (Lipinski definition) is 1. The van der Waals surface area contributed by atoms with Gasteiger partial charge < -0.3 is 5.84 Å². The molecular weight excluding hydrogens is 259 g/mol. The summed E-state index contributed by atoms with van der Waals surface area (Å²) in [6.45, 7) is 7.00. The maximum atomic E-state index is 12.6. The first-order chi connectivity index (χ1) is 9.79. The van der Waals surface area contributed by atoms with Gasteiger partial charge in [-0.1, -0.05) is 24.3 Å². The minimum Gasteiger partial charge on any atom is -0.323 e. The van der Waals surface area contributed by atoms with Crippen molar-refractivity contribution < 1.29 is 4.39 Å². The summed E-state index contributed by atoms with van der Waals surface area (Å²) < 4.78 is 12.6. The molecule has 0 aliphatic carbocycles. The highest BCUT2D eigenvalue weighted by atomic mass is 19.1. The second-order valence-electron chi connectivity index (χ2n) is 3.13. The Morgan fingerprint density at radius 1 is 1.05 bits per heavy atom.